The molecule has 0 aromatic heterocycles. The average Bonchev–Trinajstić information content (AvgIpc) is 2.85. The van der Waals surface area contributed by atoms with Gasteiger partial charge in [-0.1, -0.05) is 0 Å². The number of hydrogen-bond donors (Lipinski definition) is 3. The van der Waals surface area contributed by atoms with E-state index >= 15 is 0 Å². The third-order valence-corrected chi connectivity index (χ3v) is 5.99. The van der Waals surface area contributed by atoms with Crippen molar-refractivity contribution in [3.05, 3.63) is 0 Å². The van der Waals surface area contributed by atoms with Crippen LogP contribution in [0.15, 0.2) is 0 Å². The number of likely N-dealkylation sites (tertiary alicyclic amines) is 1. The van der Waals surface area contributed by atoms with E-state index < -0.39 is 28.5 Å². The highest BCUT2D eigenvalue weighted by Crippen LogP contribution is 2.31. The Morgan fingerprint density at radius 1 is 1.24 bits per heavy atom. The van der Waals surface area contributed by atoms with Crippen LogP contribution in [0.5, 0.6) is 0 Å². The lowest BCUT2D eigenvalue weighted by atomic mass is 9.93. The molecule has 3 aliphatic heterocycles. The number of urea groups is 1. The molecule has 2 atom stereocenters. The van der Waals surface area contributed by atoms with Crippen molar-refractivity contribution in [2.45, 2.75) is 51.1 Å². The molecular formula is C16H25N5O7S. The molecule has 0 spiro atoms. The molecule has 3 aliphatic rings. The van der Waals surface area contributed by atoms with Crippen LogP contribution in [0.4, 0.5) is 4.79 Å². The Balaban J connectivity index is 1.52. The molecule has 0 saturated carbocycles. The molecule has 3 heterocycles. The number of carbonyl (C=O) groups is 3. The number of nitrogens with zero attached hydrogens (tertiary/aromatic N) is 3. The second-order valence-corrected chi connectivity index (χ2v) is 8.63. The van der Waals surface area contributed by atoms with Gasteiger partial charge >= 0.3 is 16.4 Å². The maximum Gasteiger partial charge on any atom is 0.418 e. The zero-order chi connectivity index (χ0) is 21.3. The molecule has 12 nitrogen and oxygen atoms in total. The van der Waals surface area contributed by atoms with Crippen molar-refractivity contribution in [2.75, 3.05) is 19.6 Å². The SMILES string of the molecule is CC(=O)N1CCC(CC(=O)NC(=N)C2CCC3CN2C(=O)N3OS(=O)(=O)O)CC1. The highest BCUT2D eigenvalue weighted by Gasteiger charge is 2.48. The Labute approximate surface area is 168 Å². The lowest BCUT2D eigenvalue weighted by Crippen LogP contribution is -2.51. The van der Waals surface area contributed by atoms with E-state index in [0.717, 1.165) is 12.8 Å². The van der Waals surface area contributed by atoms with Gasteiger partial charge < -0.3 is 15.1 Å². The van der Waals surface area contributed by atoms with Gasteiger partial charge in [0, 0.05) is 33.0 Å². The third kappa shape index (κ3) is 5.03. The van der Waals surface area contributed by atoms with E-state index in [9.17, 15) is 22.8 Å². The van der Waals surface area contributed by atoms with Gasteiger partial charge in [0.15, 0.2) is 0 Å². The van der Waals surface area contributed by atoms with Crippen LogP contribution in [-0.4, -0.2) is 83.2 Å². The number of amidine groups is 1. The van der Waals surface area contributed by atoms with Gasteiger partial charge in [-0.2, -0.15) is 13.5 Å². The maximum atomic E-state index is 12.4. The number of rotatable bonds is 5. The Bertz CT molecular complexity index is 808. The summed E-state index contributed by atoms with van der Waals surface area (Å²) in [4.78, 5) is 39.1. The molecule has 3 rings (SSSR count). The minimum absolute atomic E-state index is 0.0209. The van der Waals surface area contributed by atoms with Crippen LogP contribution < -0.4 is 5.32 Å². The lowest BCUT2D eigenvalue weighted by Gasteiger charge is -2.32. The number of nitrogens with one attached hydrogen (secondary N) is 2. The summed E-state index contributed by atoms with van der Waals surface area (Å²) in [6.07, 6.45) is 2.40. The van der Waals surface area contributed by atoms with Crippen molar-refractivity contribution >= 4 is 34.1 Å². The fourth-order valence-corrected chi connectivity index (χ4v) is 4.52. The van der Waals surface area contributed by atoms with Crippen molar-refractivity contribution in [3.8, 4) is 0 Å². The number of hydroxylamine groups is 2. The minimum Gasteiger partial charge on any atom is -0.343 e. The summed E-state index contributed by atoms with van der Waals surface area (Å²) in [7, 11) is -4.83. The highest BCUT2D eigenvalue weighted by atomic mass is 32.3. The zero-order valence-electron chi connectivity index (χ0n) is 16.0. The normalized spacial score (nSPS) is 25.3. The predicted octanol–water partition coefficient (Wildman–Crippen LogP) is -0.269. The second kappa shape index (κ2) is 8.24. The molecule has 3 saturated heterocycles. The monoisotopic (exact) mass is 431 g/mol. The fraction of sp³-hybridized carbons (Fsp3) is 0.750. The summed E-state index contributed by atoms with van der Waals surface area (Å²) in [5, 5.41) is 11.3. The third-order valence-electron chi connectivity index (χ3n) is 5.64. The summed E-state index contributed by atoms with van der Waals surface area (Å²) in [5.41, 5.74) is 0. The molecule has 0 aromatic rings. The van der Waals surface area contributed by atoms with Gasteiger partial charge in [-0.05, 0) is 31.6 Å². The summed E-state index contributed by atoms with van der Waals surface area (Å²) in [6, 6.07) is -2.02. The summed E-state index contributed by atoms with van der Waals surface area (Å²) in [5.74, 6) is -0.304. The molecule has 3 fully saturated rings. The van der Waals surface area contributed by atoms with E-state index in [4.69, 9.17) is 9.96 Å². The molecule has 3 N–H and O–H groups in total. The van der Waals surface area contributed by atoms with Crippen molar-refractivity contribution in [1.82, 2.24) is 20.2 Å². The predicted molar refractivity (Wildman–Crippen MR) is 98.8 cm³/mol. The van der Waals surface area contributed by atoms with Crippen LogP contribution >= 0.6 is 0 Å². The van der Waals surface area contributed by atoms with Gasteiger partial charge in [0.1, 0.15) is 5.84 Å². The minimum atomic E-state index is -4.83. The van der Waals surface area contributed by atoms with Gasteiger partial charge in [0.05, 0.1) is 12.1 Å². The summed E-state index contributed by atoms with van der Waals surface area (Å²) < 4.78 is 35.0. The Morgan fingerprint density at radius 3 is 2.48 bits per heavy atom. The second-order valence-electron chi connectivity index (χ2n) is 7.63. The molecule has 0 aliphatic carbocycles. The van der Waals surface area contributed by atoms with Crippen molar-refractivity contribution in [1.29, 1.82) is 5.41 Å². The topological polar surface area (TPSA) is 160 Å². The summed E-state index contributed by atoms with van der Waals surface area (Å²) in [6.45, 7) is 2.88. The molecule has 0 radical (unpaired) electrons. The molecule has 162 valence electrons. The molecule has 4 amide bonds. The van der Waals surface area contributed by atoms with Gasteiger partial charge in [-0.25, -0.2) is 4.79 Å². The van der Waals surface area contributed by atoms with Crippen molar-refractivity contribution in [3.63, 3.8) is 0 Å². The quantitative estimate of drug-likeness (QED) is 0.307. The lowest BCUT2D eigenvalue weighted by molar-refractivity contribution is -0.130. The Morgan fingerprint density at radius 2 is 1.90 bits per heavy atom. The van der Waals surface area contributed by atoms with Crippen LogP contribution in [0.25, 0.3) is 0 Å². The van der Waals surface area contributed by atoms with Crippen LogP contribution in [0.1, 0.15) is 39.0 Å². The first kappa shape index (κ1) is 21.5. The number of amides is 4. The van der Waals surface area contributed by atoms with Crippen molar-refractivity contribution < 1.29 is 31.6 Å². The van der Waals surface area contributed by atoms with Crippen LogP contribution in [-0.2, 0) is 24.3 Å². The maximum absolute atomic E-state index is 12.4. The standard InChI is InChI=1S/C16H25N5O7S/c1-10(22)19-6-4-11(5-7-19)8-14(23)18-15(17)13-3-2-12-9-20(13)16(24)21(12)28-29(25,26)27/h11-13H,2-9H2,1H3,(H2,17,18,23)(H,25,26,27). The molecule has 2 bridgehead atoms. The van der Waals surface area contributed by atoms with Gasteiger partial charge in [0.2, 0.25) is 11.8 Å². The Kier molecular flexibility index (Phi) is 6.10. The molecular weight excluding hydrogens is 406 g/mol. The Hall–Kier alpha value is -2.25. The first-order valence-corrected chi connectivity index (χ1v) is 10.8. The largest absolute Gasteiger partial charge is 0.418 e. The molecule has 0 aromatic carbocycles. The molecule has 13 heteroatoms. The smallest absolute Gasteiger partial charge is 0.343 e. The average molecular weight is 431 g/mol. The zero-order valence-corrected chi connectivity index (χ0v) is 16.9. The van der Waals surface area contributed by atoms with E-state index in [-0.39, 0.29) is 36.5 Å². The number of fused-ring (bicyclic) bond motifs is 2. The number of carbonyl (C=O) groups excluding carboxylic acids is 3. The molecule has 29 heavy (non-hydrogen) atoms. The van der Waals surface area contributed by atoms with E-state index in [2.05, 4.69) is 9.60 Å². The number of hydrogen-bond acceptors (Lipinski definition) is 7. The van der Waals surface area contributed by atoms with Gasteiger partial charge in [-0.3, -0.25) is 19.6 Å². The van der Waals surface area contributed by atoms with E-state index in [1.807, 2.05) is 0 Å². The van der Waals surface area contributed by atoms with E-state index in [1.54, 1.807) is 4.90 Å². The van der Waals surface area contributed by atoms with E-state index in [1.165, 1.54) is 11.8 Å². The fourth-order valence-electron chi connectivity index (χ4n) is 4.13. The first-order valence-electron chi connectivity index (χ1n) is 9.46. The van der Waals surface area contributed by atoms with Crippen LogP contribution in [0.2, 0.25) is 0 Å². The summed E-state index contributed by atoms with van der Waals surface area (Å²) >= 11 is 0. The molecule has 2 unspecified atom stereocenters. The van der Waals surface area contributed by atoms with Crippen molar-refractivity contribution in [2.24, 2.45) is 5.92 Å². The highest BCUT2D eigenvalue weighted by molar-refractivity contribution is 7.80. The number of piperidine rings is 2. The van der Waals surface area contributed by atoms with Gasteiger partial charge in [-0.15, -0.1) is 4.28 Å². The first-order chi connectivity index (χ1) is 13.5. The van der Waals surface area contributed by atoms with Crippen LogP contribution in [0, 0.1) is 11.3 Å². The van der Waals surface area contributed by atoms with Gasteiger partial charge in [0.25, 0.3) is 0 Å². The van der Waals surface area contributed by atoms with E-state index in [0.29, 0.717) is 31.0 Å². The van der Waals surface area contributed by atoms with Crippen LogP contribution in [0.3, 0.4) is 0 Å².